The zero-order valence-corrected chi connectivity index (χ0v) is 15.6. The molecule has 1 aromatic heterocycles. The fourth-order valence-corrected chi connectivity index (χ4v) is 2.89. The van der Waals surface area contributed by atoms with Gasteiger partial charge in [0.2, 0.25) is 0 Å². The van der Waals surface area contributed by atoms with Crippen LogP contribution in [0.1, 0.15) is 11.3 Å². The van der Waals surface area contributed by atoms with Crippen LogP contribution in [0.25, 0.3) is 0 Å². The number of halogens is 1. The van der Waals surface area contributed by atoms with E-state index in [9.17, 15) is 0 Å². The molecule has 0 saturated carbocycles. The SMILES string of the molecule is CN=C(NCCc1ccco1)NCc1cc(Br)c(OC)c(OC)c1. The van der Waals surface area contributed by atoms with Crippen LogP contribution in [0.5, 0.6) is 11.5 Å². The molecule has 0 spiro atoms. The van der Waals surface area contributed by atoms with Crippen LogP contribution in [0.2, 0.25) is 0 Å². The van der Waals surface area contributed by atoms with Crippen LogP contribution in [0.4, 0.5) is 0 Å². The quantitative estimate of drug-likeness (QED) is 0.557. The zero-order chi connectivity index (χ0) is 17.4. The topological polar surface area (TPSA) is 68.0 Å². The zero-order valence-electron chi connectivity index (χ0n) is 14.1. The molecule has 0 atom stereocenters. The summed E-state index contributed by atoms with van der Waals surface area (Å²) in [6, 6.07) is 7.77. The second-order valence-corrected chi connectivity index (χ2v) is 5.85. The average molecular weight is 396 g/mol. The van der Waals surface area contributed by atoms with Crippen molar-refractivity contribution in [2.45, 2.75) is 13.0 Å². The summed E-state index contributed by atoms with van der Waals surface area (Å²) in [7, 11) is 4.98. The van der Waals surface area contributed by atoms with Gasteiger partial charge in [0.1, 0.15) is 5.76 Å². The molecule has 7 heteroatoms. The van der Waals surface area contributed by atoms with E-state index in [1.54, 1.807) is 27.5 Å². The van der Waals surface area contributed by atoms with Crippen LogP contribution in [0, 0.1) is 0 Å². The Morgan fingerprint density at radius 1 is 1.25 bits per heavy atom. The molecule has 0 amide bonds. The Kier molecular flexibility index (Phi) is 6.99. The third-order valence-corrected chi connectivity index (χ3v) is 4.01. The Balaban J connectivity index is 1.89. The molecule has 24 heavy (non-hydrogen) atoms. The Bertz CT molecular complexity index is 672. The normalized spacial score (nSPS) is 11.2. The van der Waals surface area contributed by atoms with Crippen molar-refractivity contribution in [3.8, 4) is 11.5 Å². The molecule has 0 bridgehead atoms. The number of nitrogens with zero attached hydrogens (tertiary/aromatic N) is 1. The fraction of sp³-hybridized carbons (Fsp3) is 0.353. The molecule has 2 aromatic rings. The molecular weight excluding hydrogens is 374 g/mol. The average Bonchev–Trinajstić information content (AvgIpc) is 3.10. The van der Waals surface area contributed by atoms with E-state index >= 15 is 0 Å². The molecule has 0 aliphatic rings. The van der Waals surface area contributed by atoms with E-state index in [0.717, 1.165) is 34.7 Å². The van der Waals surface area contributed by atoms with E-state index in [4.69, 9.17) is 13.9 Å². The summed E-state index contributed by atoms with van der Waals surface area (Å²) in [6.45, 7) is 1.35. The number of rotatable bonds is 7. The van der Waals surface area contributed by atoms with E-state index in [1.807, 2.05) is 24.3 Å². The van der Waals surface area contributed by atoms with E-state index in [-0.39, 0.29) is 0 Å². The minimum absolute atomic E-state index is 0.610. The van der Waals surface area contributed by atoms with Gasteiger partial charge in [-0.05, 0) is 45.8 Å². The maximum absolute atomic E-state index is 5.36. The predicted octanol–water partition coefficient (Wildman–Crippen LogP) is 2.97. The van der Waals surface area contributed by atoms with Gasteiger partial charge in [-0.2, -0.15) is 0 Å². The van der Waals surface area contributed by atoms with Gasteiger partial charge in [0, 0.05) is 26.6 Å². The first-order valence-electron chi connectivity index (χ1n) is 7.55. The largest absolute Gasteiger partial charge is 0.493 e. The third kappa shape index (κ3) is 4.92. The van der Waals surface area contributed by atoms with E-state index in [2.05, 4.69) is 31.6 Å². The van der Waals surface area contributed by atoms with Crippen molar-refractivity contribution in [2.24, 2.45) is 4.99 Å². The van der Waals surface area contributed by atoms with E-state index in [0.29, 0.717) is 18.0 Å². The van der Waals surface area contributed by atoms with Crippen molar-refractivity contribution >= 4 is 21.9 Å². The molecule has 0 aliphatic carbocycles. The van der Waals surface area contributed by atoms with Gasteiger partial charge < -0.3 is 24.5 Å². The lowest BCUT2D eigenvalue weighted by atomic mass is 10.2. The van der Waals surface area contributed by atoms with Gasteiger partial charge in [-0.25, -0.2) is 0 Å². The predicted molar refractivity (Wildman–Crippen MR) is 97.9 cm³/mol. The van der Waals surface area contributed by atoms with Crippen molar-refractivity contribution < 1.29 is 13.9 Å². The lowest BCUT2D eigenvalue weighted by Crippen LogP contribution is -2.37. The Morgan fingerprint density at radius 2 is 2.08 bits per heavy atom. The lowest BCUT2D eigenvalue weighted by Gasteiger charge is -2.14. The molecule has 1 heterocycles. The smallest absolute Gasteiger partial charge is 0.191 e. The number of aliphatic imine (C=N–C) groups is 1. The first-order valence-corrected chi connectivity index (χ1v) is 8.34. The van der Waals surface area contributed by atoms with E-state index in [1.165, 1.54) is 0 Å². The molecule has 1 aromatic carbocycles. The molecule has 130 valence electrons. The molecule has 0 saturated heterocycles. The van der Waals surface area contributed by atoms with Crippen LogP contribution in [-0.2, 0) is 13.0 Å². The van der Waals surface area contributed by atoms with Crippen LogP contribution >= 0.6 is 15.9 Å². The number of guanidine groups is 1. The number of ether oxygens (including phenoxy) is 2. The van der Waals surface area contributed by atoms with Gasteiger partial charge >= 0.3 is 0 Å². The van der Waals surface area contributed by atoms with Crippen molar-refractivity contribution in [1.82, 2.24) is 10.6 Å². The van der Waals surface area contributed by atoms with Gasteiger partial charge in [0.15, 0.2) is 17.5 Å². The molecule has 0 fully saturated rings. The number of methoxy groups -OCH3 is 2. The number of furan rings is 1. The highest BCUT2D eigenvalue weighted by Gasteiger charge is 2.10. The minimum Gasteiger partial charge on any atom is -0.493 e. The molecule has 6 nitrogen and oxygen atoms in total. The summed E-state index contributed by atoms with van der Waals surface area (Å²) in [4.78, 5) is 4.22. The third-order valence-electron chi connectivity index (χ3n) is 3.42. The molecule has 0 unspecified atom stereocenters. The van der Waals surface area contributed by atoms with Gasteiger partial charge in [-0.15, -0.1) is 0 Å². The number of hydrogen-bond donors (Lipinski definition) is 2. The van der Waals surface area contributed by atoms with Crippen LogP contribution in [0.15, 0.2) is 44.4 Å². The summed E-state index contributed by atoms with van der Waals surface area (Å²) >= 11 is 3.50. The summed E-state index contributed by atoms with van der Waals surface area (Å²) < 4.78 is 16.8. The Morgan fingerprint density at radius 3 is 2.71 bits per heavy atom. The van der Waals surface area contributed by atoms with Crippen molar-refractivity contribution in [3.05, 3.63) is 46.3 Å². The van der Waals surface area contributed by atoms with Crippen LogP contribution < -0.4 is 20.1 Å². The molecular formula is C17H22BrN3O3. The molecule has 0 aliphatic heterocycles. The standard InChI is InChI=1S/C17H22BrN3O3/c1-19-17(20-7-6-13-5-4-8-24-13)21-11-12-9-14(18)16(23-3)15(10-12)22-2/h4-5,8-10H,6-7,11H2,1-3H3,(H2,19,20,21). The van der Waals surface area contributed by atoms with Crippen molar-refractivity contribution in [2.75, 3.05) is 27.8 Å². The Hall–Kier alpha value is -2.15. The van der Waals surface area contributed by atoms with Crippen LogP contribution in [-0.4, -0.2) is 33.8 Å². The van der Waals surface area contributed by atoms with Crippen molar-refractivity contribution in [3.63, 3.8) is 0 Å². The van der Waals surface area contributed by atoms with Gasteiger partial charge in [0.05, 0.1) is 25.0 Å². The number of nitrogens with one attached hydrogen (secondary N) is 2. The highest BCUT2D eigenvalue weighted by atomic mass is 79.9. The summed E-state index contributed by atoms with van der Waals surface area (Å²) in [6.07, 6.45) is 2.48. The second-order valence-electron chi connectivity index (χ2n) is 5.00. The maximum Gasteiger partial charge on any atom is 0.191 e. The van der Waals surface area contributed by atoms with Crippen LogP contribution in [0.3, 0.4) is 0 Å². The van der Waals surface area contributed by atoms with Gasteiger partial charge in [0.25, 0.3) is 0 Å². The summed E-state index contributed by atoms with van der Waals surface area (Å²) in [5.41, 5.74) is 1.05. The second kappa shape index (κ2) is 9.22. The molecule has 2 N–H and O–H groups in total. The number of hydrogen-bond acceptors (Lipinski definition) is 4. The monoisotopic (exact) mass is 395 g/mol. The summed E-state index contributed by atoms with van der Waals surface area (Å²) in [5.74, 6) is 3.04. The first-order chi connectivity index (χ1) is 11.7. The fourth-order valence-electron chi connectivity index (χ4n) is 2.24. The maximum atomic E-state index is 5.36. The Labute approximate surface area is 150 Å². The van der Waals surface area contributed by atoms with Crippen molar-refractivity contribution in [1.29, 1.82) is 0 Å². The lowest BCUT2D eigenvalue weighted by molar-refractivity contribution is 0.352. The first kappa shape index (κ1) is 18.2. The highest BCUT2D eigenvalue weighted by molar-refractivity contribution is 9.10. The summed E-state index contributed by atoms with van der Waals surface area (Å²) in [5, 5.41) is 6.53. The highest BCUT2D eigenvalue weighted by Crippen LogP contribution is 2.36. The molecule has 2 rings (SSSR count). The minimum atomic E-state index is 0.610. The number of benzene rings is 1. The van der Waals surface area contributed by atoms with Gasteiger partial charge in [-0.3, -0.25) is 4.99 Å². The van der Waals surface area contributed by atoms with Gasteiger partial charge in [-0.1, -0.05) is 0 Å². The van der Waals surface area contributed by atoms with E-state index < -0.39 is 0 Å². The molecule has 0 radical (unpaired) electrons.